The molecule has 1 aromatic rings. The molecular formula is C15H21FN2O2. The predicted octanol–water partition coefficient (Wildman–Crippen LogP) is 2.51. The lowest BCUT2D eigenvalue weighted by Gasteiger charge is -2.41. The van der Waals surface area contributed by atoms with Crippen molar-refractivity contribution in [1.82, 2.24) is 4.90 Å². The summed E-state index contributed by atoms with van der Waals surface area (Å²) in [5.41, 5.74) is 0.215. The van der Waals surface area contributed by atoms with Gasteiger partial charge in [0.15, 0.2) is 0 Å². The number of amides is 1. The second-order valence-corrected chi connectivity index (χ2v) is 5.79. The van der Waals surface area contributed by atoms with Crippen LogP contribution >= 0.6 is 0 Å². The summed E-state index contributed by atoms with van der Waals surface area (Å²) in [7, 11) is 1.61. The first-order valence-electron chi connectivity index (χ1n) is 6.77. The van der Waals surface area contributed by atoms with Gasteiger partial charge < -0.3 is 15.0 Å². The van der Waals surface area contributed by atoms with Gasteiger partial charge in [-0.1, -0.05) is 6.07 Å². The second kappa shape index (κ2) is 5.40. The summed E-state index contributed by atoms with van der Waals surface area (Å²) in [5.74, 6) is -0.587. The highest BCUT2D eigenvalue weighted by Gasteiger charge is 2.34. The van der Waals surface area contributed by atoms with Crippen molar-refractivity contribution in [2.45, 2.75) is 32.5 Å². The molecule has 1 heterocycles. The van der Waals surface area contributed by atoms with E-state index < -0.39 is 5.82 Å². The standard InChI is InChI=1S/C15H21FN2O2/c1-10-8-18(9-15(2,3)20-10)14(19)11-6-5-7-12(16)13(11)17-4/h5-7,10,17H,8-9H2,1-4H3. The van der Waals surface area contributed by atoms with Crippen molar-refractivity contribution in [3.63, 3.8) is 0 Å². The Morgan fingerprint density at radius 3 is 2.80 bits per heavy atom. The first-order chi connectivity index (χ1) is 9.34. The third kappa shape index (κ3) is 2.93. The van der Waals surface area contributed by atoms with Crippen LogP contribution < -0.4 is 5.32 Å². The molecule has 5 heteroatoms. The molecule has 1 N–H and O–H groups in total. The minimum Gasteiger partial charge on any atom is -0.385 e. The second-order valence-electron chi connectivity index (χ2n) is 5.79. The number of carbonyl (C=O) groups is 1. The molecule has 1 aromatic carbocycles. The number of rotatable bonds is 2. The topological polar surface area (TPSA) is 41.6 Å². The molecular weight excluding hydrogens is 259 g/mol. The summed E-state index contributed by atoms with van der Waals surface area (Å²) in [6.45, 7) is 6.85. The molecule has 4 nitrogen and oxygen atoms in total. The number of carbonyl (C=O) groups excluding carboxylic acids is 1. The van der Waals surface area contributed by atoms with Crippen molar-refractivity contribution in [2.24, 2.45) is 0 Å². The molecule has 0 saturated carbocycles. The van der Waals surface area contributed by atoms with Gasteiger partial charge in [0.05, 0.1) is 23.0 Å². The molecule has 20 heavy (non-hydrogen) atoms. The van der Waals surface area contributed by atoms with Gasteiger partial charge in [0.25, 0.3) is 5.91 Å². The van der Waals surface area contributed by atoms with E-state index in [1.165, 1.54) is 6.07 Å². The van der Waals surface area contributed by atoms with Crippen LogP contribution in [-0.4, -0.2) is 42.6 Å². The summed E-state index contributed by atoms with van der Waals surface area (Å²) < 4.78 is 19.5. The number of anilines is 1. The van der Waals surface area contributed by atoms with Crippen LogP contribution in [0, 0.1) is 5.82 Å². The molecule has 110 valence electrons. The molecule has 1 amide bonds. The highest BCUT2D eigenvalue weighted by Crippen LogP contribution is 2.25. The lowest BCUT2D eigenvalue weighted by Crippen LogP contribution is -2.53. The molecule has 0 radical (unpaired) electrons. The Hall–Kier alpha value is -1.62. The molecule has 2 rings (SSSR count). The molecule has 1 fully saturated rings. The smallest absolute Gasteiger partial charge is 0.256 e. The molecule has 0 aromatic heterocycles. The SMILES string of the molecule is CNc1c(F)cccc1C(=O)N1CC(C)OC(C)(C)C1. The number of ether oxygens (including phenoxy) is 1. The number of hydrogen-bond acceptors (Lipinski definition) is 3. The van der Waals surface area contributed by atoms with Crippen LogP contribution in [0.15, 0.2) is 18.2 Å². The predicted molar refractivity (Wildman–Crippen MR) is 76.5 cm³/mol. The number of benzene rings is 1. The summed E-state index contributed by atoms with van der Waals surface area (Å²) in [5, 5.41) is 2.76. The maximum absolute atomic E-state index is 13.7. The van der Waals surface area contributed by atoms with Gasteiger partial charge in [0.1, 0.15) is 5.82 Å². The minimum absolute atomic E-state index is 0.0331. The quantitative estimate of drug-likeness (QED) is 0.905. The highest BCUT2D eigenvalue weighted by atomic mass is 19.1. The first kappa shape index (κ1) is 14.8. The van der Waals surface area contributed by atoms with Crippen LogP contribution in [0.25, 0.3) is 0 Å². The van der Waals surface area contributed by atoms with Crippen LogP contribution in [0.4, 0.5) is 10.1 Å². The Bertz CT molecular complexity index is 517. The lowest BCUT2D eigenvalue weighted by molar-refractivity contribution is -0.118. The van der Waals surface area contributed by atoms with E-state index in [0.29, 0.717) is 18.7 Å². The molecule has 1 atom stereocenters. The molecule has 1 unspecified atom stereocenters. The molecule has 1 saturated heterocycles. The van der Waals surface area contributed by atoms with E-state index in [1.807, 2.05) is 20.8 Å². The lowest BCUT2D eigenvalue weighted by atomic mass is 10.0. The molecule has 0 bridgehead atoms. The molecule has 0 aliphatic carbocycles. The zero-order valence-electron chi connectivity index (χ0n) is 12.4. The number of hydrogen-bond donors (Lipinski definition) is 1. The van der Waals surface area contributed by atoms with E-state index in [9.17, 15) is 9.18 Å². The van der Waals surface area contributed by atoms with Crippen molar-refractivity contribution in [3.8, 4) is 0 Å². The van der Waals surface area contributed by atoms with Crippen molar-refractivity contribution >= 4 is 11.6 Å². The largest absolute Gasteiger partial charge is 0.385 e. The first-order valence-corrected chi connectivity index (χ1v) is 6.77. The maximum Gasteiger partial charge on any atom is 0.256 e. The summed E-state index contributed by atoms with van der Waals surface area (Å²) in [6, 6.07) is 4.54. The Morgan fingerprint density at radius 2 is 2.20 bits per heavy atom. The van der Waals surface area contributed by atoms with E-state index in [1.54, 1.807) is 24.1 Å². The third-order valence-corrected chi connectivity index (χ3v) is 3.35. The third-order valence-electron chi connectivity index (χ3n) is 3.35. The van der Waals surface area contributed by atoms with Gasteiger partial charge in [-0.05, 0) is 32.9 Å². The van der Waals surface area contributed by atoms with Crippen LogP contribution in [0.5, 0.6) is 0 Å². The maximum atomic E-state index is 13.7. The average Bonchev–Trinajstić information content (AvgIpc) is 2.35. The van der Waals surface area contributed by atoms with Gasteiger partial charge in [-0.2, -0.15) is 0 Å². The zero-order valence-corrected chi connectivity index (χ0v) is 12.4. The van der Waals surface area contributed by atoms with E-state index >= 15 is 0 Å². The van der Waals surface area contributed by atoms with Gasteiger partial charge in [0, 0.05) is 20.1 Å². The molecule has 0 spiro atoms. The summed E-state index contributed by atoms with van der Waals surface area (Å²) in [4.78, 5) is 14.4. The van der Waals surface area contributed by atoms with Gasteiger partial charge in [0.2, 0.25) is 0 Å². The molecule has 1 aliphatic rings. The number of halogens is 1. The van der Waals surface area contributed by atoms with Crippen molar-refractivity contribution in [2.75, 3.05) is 25.5 Å². The van der Waals surface area contributed by atoms with Crippen molar-refractivity contribution < 1.29 is 13.9 Å². The Balaban J connectivity index is 2.30. The van der Waals surface area contributed by atoms with Gasteiger partial charge in [-0.15, -0.1) is 0 Å². The van der Waals surface area contributed by atoms with E-state index in [-0.39, 0.29) is 23.3 Å². The zero-order chi connectivity index (χ0) is 14.9. The number of nitrogens with zero attached hydrogens (tertiary/aromatic N) is 1. The monoisotopic (exact) mass is 280 g/mol. The molecule has 1 aliphatic heterocycles. The fourth-order valence-electron chi connectivity index (χ4n) is 2.74. The highest BCUT2D eigenvalue weighted by molar-refractivity contribution is 5.99. The Morgan fingerprint density at radius 1 is 1.50 bits per heavy atom. The summed E-state index contributed by atoms with van der Waals surface area (Å²) >= 11 is 0. The normalized spacial score (nSPS) is 21.6. The number of para-hydroxylation sites is 1. The number of nitrogens with one attached hydrogen (secondary N) is 1. The van der Waals surface area contributed by atoms with Gasteiger partial charge in [-0.25, -0.2) is 4.39 Å². The fraction of sp³-hybridized carbons (Fsp3) is 0.533. The van der Waals surface area contributed by atoms with Crippen LogP contribution in [-0.2, 0) is 4.74 Å². The average molecular weight is 280 g/mol. The minimum atomic E-state index is -0.418. The number of morpholine rings is 1. The van der Waals surface area contributed by atoms with Gasteiger partial charge >= 0.3 is 0 Å². The Kier molecular flexibility index (Phi) is 3.99. The fourth-order valence-corrected chi connectivity index (χ4v) is 2.74. The van der Waals surface area contributed by atoms with Gasteiger partial charge in [-0.3, -0.25) is 4.79 Å². The van der Waals surface area contributed by atoms with E-state index in [4.69, 9.17) is 4.74 Å². The van der Waals surface area contributed by atoms with Crippen LogP contribution in [0.2, 0.25) is 0 Å². The van der Waals surface area contributed by atoms with E-state index in [2.05, 4.69) is 5.32 Å². The summed E-state index contributed by atoms with van der Waals surface area (Å²) in [6.07, 6.45) is -0.0331. The van der Waals surface area contributed by atoms with Crippen LogP contribution in [0.1, 0.15) is 31.1 Å². The van der Waals surface area contributed by atoms with Crippen molar-refractivity contribution in [1.29, 1.82) is 0 Å². The van der Waals surface area contributed by atoms with Crippen LogP contribution in [0.3, 0.4) is 0 Å². The van der Waals surface area contributed by atoms with Crippen molar-refractivity contribution in [3.05, 3.63) is 29.6 Å². The van der Waals surface area contributed by atoms with E-state index in [0.717, 1.165) is 0 Å². The Labute approximate surface area is 118 Å².